The van der Waals surface area contributed by atoms with Crippen molar-refractivity contribution in [3.05, 3.63) is 11.1 Å². The molecule has 0 aliphatic carbocycles. The number of rotatable bonds is 2. The van der Waals surface area contributed by atoms with Crippen molar-refractivity contribution in [3.63, 3.8) is 0 Å². The number of hydrogen-bond donors (Lipinski definition) is 0. The predicted octanol–water partition coefficient (Wildman–Crippen LogP) is 1.93. The number of carbonyl (C=O) groups is 1. The van der Waals surface area contributed by atoms with Crippen LogP contribution in [0, 0.1) is 0 Å². The molecule has 0 aromatic rings. The Hall–Kier alpha value is -0.590. The van der Waals surface area contributed by atoms with Crippen molar-refractivity contribution in [2.75, 3.05) is 0 Å². The summed E-state index contributed by atoms with van der Waals surface area (Å²) in [7, 11) is 0. The third-order valence-electron chi connectivity index (χ3n) is 1.38. The first kappa shape index (κ1) is 7.41. The van der Waals surface area contributed by atoms with Gasteiger partial charge in [0.15, 0.2) is 0 Å². The minimum atomic E-state index is 0.868. The van der Waals surface area contributed by atoms with E-state index in [-0.39, 0.29) is 0 Å². The molecule has 0 saturated carbocycles. The molecule has 0 amide bonds. The number of hydrogen-bond acceptors (Lipinski definition) is 1. The van der Waals surface area contributed by atoms with E-state index in [1.807, 2.05) is 20.8 Å². The van der Waals surface area contributed by atoms with Gasteiger partial charge >= 0.3 is 0 Å². The molecule has 1 heteroatoms. The molecule has 0 aromatic carbocycles. The lowest BCUT2D eigenvalue weighted by molar-refractivity contribution is -0.104. The van der Waals surface area contributed by atoms with Crippen LogP contribution in [0.25, 0.3) is 0 Å². The van der Waals surface area contributed by atoms with E-state index in [0.29, 0.717) is 0 Å². The van der Waals surface area contributed by atoms with E-state index in [1.165, 1.54) is 5.57 Å². The highest BCUT2D eigenvalue weighted by molar-refractivity contribution is 5.73. The van der Waals surface area contributed by atoms with Gasteiger partial charge in [0.05, 0.1) is 0 Å². The molecule has 0 unspecified atom stereocenters. The summed E-state index contributed by atoms with van der Waals surface area (Å²) in [6.07, 6.45) is 1.88. The fourth-order valence-corrected chi connectivity index (χ4v) is 0.379. The van der Waals surface area contributed by atoms with Crippen LogP contribution in [0.3, 0.4) is 0 Å². The zero-order valence-corrected chi connectivity index (χ0v) is 5.69. The van der Waals surface area contributed by atoms with E-state index in [2.05, 4.69) is 0 Å². The van der Waals surface area contributed by atoms with Crippen LogP contribution in [0.5, 0.6) is 0 Å². The lowest BCUT2D eigenvalue weighted by atomic mass is 10.1. The molecule has 0 aromatic heterocycles. The molecule has 0 heterocycles. The third-order valence-corrected chi connectivity index (χ3v) is 1.38. The Morgan fingerprint density at radius 2 is 2.00 bits per heavy atom. The second kappa shape index (κ2) is 3.42. The molecule has 0 spiro atoms. The molecule has 0 saturated heterocycles. The molecule has 0 rings (SSSR count). The van der Waals surface area contributed by atoms with Gasteiger partial charge in [-0.3, -0.25) is 4.79 Å². The minimum absolute atomic E-state index is 0.868. The highest BCUT2D eigenvalue weighted by Gasteiger charge is 1.88. The van der Waals surface area contributed by atoms with Gasteiger partial charge in [-0.05, 0) is 25.8 Å². The molecular formula is C7H12O. The predicted molar refractivity (Wildman–Crippen MR) is 34.7 cm³/mol. The van der Waals surface area contributed by atoms with Gasteiger partial charge in [0, 0.05) is 0 Å². The second-order valence-electron chi connectivity index (χ2n) is 1.93. The van der Waals surface area contributed by atoms with Gasteiger partial charge in [-0.1, -0.05) is 12.5 Å². The third kappa shape index (κ3) is 1.92. The van der Waals surface area contributed by atoms with Crippen LogP contribution in [-0.2, 0) is 4.79 Å². The molecule has 0 N–H and O–H groups in total. The maximum Gasteiger partial charge on any atom is 0.145 e. The lowest BCUT2D eigenvalue weighted by Crippen LogP contribution is -1.81. The lowest BCUT2D eigenvalue weighted by Gasteiger charge is -1.93. The molecule has 0 aliphatic rings. The van der Waals surface area contributed by atoms with E-state index in [0.717, 1.165) is 18.3 Å². The number of carbonyl (C=O) groups excluding carboxylic acids is 1. The van der Waals surface area contributed by atoms with Crippen molar-refractivity contribution in [3.8, 4) is 0 Å². The van der Waals surface area contributed by atoms with Crippen LogP contribution >= 0.6 is 0 Å². The Labute approximate surface area is 50.4 Å². The van der Waals surface area contributed by atoms with Gasteiger partial charge in [-0.15, -0.1) is 0 Å². The molecule has 0 atom stereocenters. The fourth-order valence-electron chi connectivity index (χ4n) is 0.379. The molecule has 0 aliphatic heterocycles. The van der Waals surface area contributed by atoms with E-state index in [4.69, 9.17) is 0 Å². The van der Waals surface area contributed by atoms with Crippen molar-refractivity contribution in [1.29, 1.82) is 0 Å². The smallest absolute Gasteiger partial charge is 0.145 e. The maximum atomic E-state index is 10.0. The fraction of sp³-hybridized carbons (Fsp3) is 0.571. The van der Waals surface area contributed by atoms with Gasteiger partial charge in [-0.25, -0.2) is 0 Å². The van der Waals surface area contributed by atoms with E-state index in [1.54, 1.807) is 0 Å². The Morgan fingerprint density at radius 1 is 1.50 bits per heavy atom. The van der Waals surface area contributed by atoms with Gasteiger partial charge in [-0.2, -0.15) is 0 Å². The molecule has 1 nitrogen and oxygen atoms in total. The molecular weight excluding hydrogens is 100 g/mol. The van der Waals surface area contributed by atoms with Crippen LogP contribution in [0.4, 0.5) is 0 Å². The summed E-state index contributed by atoms with van der Waals surface area (Å²) < 4.78 is 0. The van der Waals surface area contributed by atoms with Crippen molar-refractivity contribution < 1.29 is 4.79 Å². The molecule has 8 heavy (non-hydrogen) atoms. The van der Waals surface area contributed by atoms with Gasteiger partial charge < -0.3 is 0 Å². The monoisotopic (exact) mass is 112 g/mol. The Morgan fingerprint density at radius 3 is 2.12 bits per heavy atom. The van der Waals surface area contributed by atoms with E-state index >= 15 is 0 Å². The van der Waals surface area contributed by atoms with Crippen molar-refractivity contribution in [1.82, 2.24) is 0 Å². The summed E-state index contributed by atoms with van der Waals surface area (Å²) in [5.74, 6) is 0. The van der Waals surface area contributed by atoms with Crippen LogP contribution in [0.15, 0.2) is 11.1 Å². The van der Waals surface area contributed by atoms with Gasteiger partial charge in [0.25, 0.3) is 0 Å². The summed E-state index contributed by atoms with van der Waals surface area (Å²) in [4.78, 5) is 10.0. The zero-order valence-electron chi connectivity index (χ0n) is 5.69. The minimum Gasteiger partial charge on any atom is -0.298 e. The molecule has 0 radical (unpaired) electrons. The summed E-state index contributed by atoms with van der Waals surface area (Å²) in [5.41, 5.74) is 2.05. The largest absolute Gasteiger partial charge is 0.298 e. The summed E-state index contributed by atoms with van der Waals surface area (Å²) >= 11 is 0. The molecule has 0 bridgehead atoms. The second-order valence-corrected chi connectivity index (χ2v) is 1.93. The average Bonchev–Trinajstić information content (AvgIpc) is 1.84. The van der Waals surface area contributed by atoms with Crippen LogP contribution in [0.1, 0.15) is 27.2 Å². The van der Waals surface area contributed by atoms with Crippen LogP contribution in [-0.4, -0.2) is 6.29 Å². The Kier molecular flexibility index (Phi) is 3.16. The SMILES string of the molecule is CCC(C)=C(C)C=O. The zero-order chi connectivity index (χ0) is 6.57. The quantitative estimate of drug-likeness (QED) is 0.394. The number of allylic oxidation sites excluding steroid dienone is 2. The Bertz CT molecular complexity index is 112. The highest BCUT2D eigenvalue weighted by Crippen LogP contribution is 2.02. The van der Waals surface area contributed by atoms with Crippen molar-refractivity contribution in [2.45, 2.75) is 27.2 Å². The summed E-state index contributed by atoms with van der Waals surface area (Å²) in [6, 6.07) is 0. The first-order valence-electron chi connectivity index (χ1n) is 2.84. The normalized spacial score (nSPS) is 12.9. The van der Waals surface area contributed by atoms with Crippen LogP contribution in [0.2, 0.25) is 0 Å². The topological polar surface area (TPSA) is 17.1 Å². The first-order chi connectivity index (χ1) is 3.72. The van der Waals surface area contributed by atoms with Crippen molar-refractivity contribution in [2.24, 2.45) is 0 Å². The van der Waals surface area contributed by atoms with Gasteiger partial charge in [0.2, 0.25) is 0 Å². The average molecular weight is 112 g/mol. The van der Waals surface area contributed by atoms with E-state index in [9.17, 15) is 4.79 Å². The molecule has 46 valence electrons. The maximum absolute atomic E-state index is 10.0. The molecule has 0 fully saturated rings. The van der Waals surface area contributed by atoms with Gasteiger partial charge in [0.1, 0.15) is 6.29 Å². The Balaban J connectivity index is 4.03. The van der Waals surface area contributed by atoms with E-state index < -0.39 is 0 Å². The summed E-state index contributed by atoms with van der Waals surface area (Å²) in [5, 5.41) is 0. The highest BCUT2D eigenvalue weighted by atomic mass is 16.1. The standard InChI is InChI=1S/C7H12O/c1-4-6(2)7(3)5-8/h5H,4H2,1-3H3. The van der Waals surface area contributed by atoms with Crippen LogP contribution < -0.4 is 0 Å². The first-order valence-corrected chi connectivity index (χ1v) is 2.84. The van der Waals surface area contributed by atoms with Crippen molar-refractivity contribution >= 4 is 6.29 Å². The number of aldehydes is 1. The summed E-state index contributed by atoms with van der Waals surface area (Å²) in [6.45, 7) is 5.86.